The van der Waals surface area contributed by atoms with Gasteiger partial charge in [-0.2, -0.15) is 0 Å². The minimum atomic E-state index is -0.514. The maximum absolute atomic E-state index is 11.3. The first kappa shape index (κ1) is 14.7. The number of Topliss-reactive ketones (excluding diaryl/α,β-unsaturated/α-hetero) is 1. The Hall–Kier alpha value is -1.72. The predicted octanol–water partition coefficient (Wildman–Crippen LogP) is 4.88. The minimum absolute atomic E-state index is 0.137. The molecule has 102 valence electrons. The molecule has 0 saturated heterocycles. The van der Waals surface area contributed by atoms with Crippen LogP contribution in [0.25, 0.3) is 11.1 Å². The van der Waals surface area contributed by atoms with Gasteiger partial charge < -0.3 is 0 Å². The maximum atomic E-state index is 11.3. The normalized spacial score (nSPS) is 10.3. The Kier molecular flexibility index (Phi) is 4.20. The topological polar surface area (TPSA) is 60.2 Å². The van der Waals surface area contributed by atoms with E-state index < -0.39 is 4.92 Å². The molecule has 0 atom stereocenters. The molecule has 0 N–H and O–H groups in total. The van der Waals surface area contributed by atoms with Crippen LogP contribution in [0, 0.1) is 10.1 Å². The van der Waals surface area contributed by atoms with Crippen LogP contribution in [0.1, 0.15) is 17.3 Å². The monoisotopic (exact) mass is 353 g/mol. The van der Waals surface area contributed by atoms with Crippen LogP contribution in [0.4, 0.5) is 5.69 Å². The summed E-state index contributed by atoms with van der Waals surface area (Å²) in [5, 5.41) is 11.6. The Bertz CT molecular complexity index is 716. The van der Waals surface area contributed by atoms with Gasteiger partial charge in [-0.1, -0.05) is 39.7 Å². The first-order valence-corrected chi connectivity index (χ1v) is 6.82. The molecular weight excluding hydrogens is 346 g/mol. The average Bonchev–Trinajstić information content (AvgIpc) is 2.38. The first-order valence-electron chi connectivity index (χ1n) is 5.65. The van der Waals surface area contributed by atoms with E-state index in [2.05, 4.69) is 15.9 Å². The van der Waals surface area contributed by atoms with Crippen LogP contribution in [0.2, 0.25) is 5.02 Å². The second-order valence-corrected chi connectivity index (χ2v) is 5.49. The molecular formula is C14H9BrClNO3. The van der Waals surface area contributed by atoms with E-state index in [-0.39, 0.29) is 11.5 Å². The fourth-order valence-corrected chi connectivity index (χ4v) is 2.61. The molecule has 2 aromatic rings. The summed E-state index contributed by atoms with van der Waals surface area (Å²) in [6.07, 6.45) is 0. The zero-order chi connectivity index (χ0) is 14.9. The summed E-state index contributed by atoms with van der Waals surface area (Å²) in [4.78, 5) is 22.0. The quantitative estimate of drug-likeness (QED) is 0.448. The van der Waals surface area contributed by atoms with Gasteiger partial charge in [0.15, 0.2) is 5.78 Å². The second-order valence-electron chi connectivity index (χ2n) is 4.17. The highest BCUT2D eigenvalue weighted by atomic mass is 79.9. The predicted molar refractivity (Wildman–Crippen MR) is 81.2 cm³/mol. The number of carbonyl (C=O) groups excluding carboxylic acids is 1. The molecule has 0 heterocycles. The maximum Gasteiger partial charge on any atom is 0.277 e. The molecule has 0 aromatic heterocycles. The second kappa shape index (κ2) is 5.73. The highest BCUT2D eigenvalue weighted by Gasteiger charge is 2.19. The van der Waals surface area contributed by atoms with Crippen LogP contribution in [-0.4, -0.2) is 10.7 Å². The lowest BCUT2D eigenvalue weighted by Gasteiger charge is -2.07. The van der Waals surface area contributed by atoms with Gasteiger partial charge in [-0.05, 0) is 25.1 Å². The number of nitrogens with zero attached hydrogens (tertiary/aromatic N) is 1. The molecule has 0 aliphatic heterocycles. The number of hydrogen-bond acceptors (Lipinski definition) is 3. The molecule has 0 unspecified atom stereocenters. The van der Waals surface area contributed by atoms with E-state index >= 15 is 0 Å². The van der Waals surface area contributed by atoms with Crippen LogP contribution >= 0.6 is 27.5 Å². The van der Waals surface area contributed by atoms with Gasteiger partial charge in [0.2, 0.25) is 0 Å². The summed E-state index contributed by atoms with van der Waals surface area (Å²) in [6.45, 7) is 1.37. The Balaban J connectivity index is 2.67. The van der Waals surface area contributed by atoms with Crippen LogP contribution in [0.5, 0.6) is 0 Å². The first-order chi connectivity index (χ1) is 9.40. The van der Waals surface area contributed by atoms with Crippen molar-refractivity contribution < 1.29 is 9.72 Å². The van der Waals surface area contributed by atoms with Gasteiger partial charge >= 0.3 is 0 Å². The van der Waals surface area contributed by atoms with E-state index in [4.69, 9.17) is 11.6 Å². The number of ketones is 1. The van der Waals surface area contributed by atoms with Gasteiger partial charge in [0.05, 0.1) is 10.5 Å². The van der Waals surface area contributed by atoms with E-state index in [1.54, 1.807) is 30.3 Å². The van der Waals surface area contributed by atoms with Crippen molar-refractivity contribution in [2.75, 3.05) is 0 Å². The molecule has 6 heteroatoms. The van der Waals surface area contributed by atoms with Crippen molar-refractivity contribution in [3.05, 3.63) is 61.6 Å². The summed E-state index contributed by atoms with van der Waals surface area (Å²) < 4.78 is 0.786. The van der Waals surface area contributed by atoms with Gasteiger partial charge in [-0.3, -0.25) is 14.9 Å². The van der Waals surface area contributed by atoms with Crippen LogP contribution < -0.4 is 0 Å². The number of nitro groups is 1. The zero-order valence-corrected chi connectivity index (χ0v) is 12.7. The van der Waals surface area contributed by atoms with Crippen molar-refractivity contribution in [1.29, 1.82) is 0 Å². The molecule has 0 saturated carbocycles. The Morgan fingerprint density at radius 3 is 2.40 bits per heavy atom. The molecule has 4 nitrogen and oxygen atoms in total. The summed E-state index contributed by atoms with van der Waals surface area (Å²) in [6, 6.07) is 9.49. The molecule has 0 bridgehead atoms. The number of halogens is 2. The summed E-state index contributed by atoms with van der Waals surface area (Å²) >= 11 is 9.41. The molecule has 2 rings (SSSR count). The fraction of sp³-hybridized carbons (Fsp3) is 0.0714. The largest absolute Gasteiger partial charge is 0.295 e. The molecule has 0 amide bonds. The minimum Gasteiger partial charge on any atom is -0.295 e. The Morgan fingerprint density at radius 1 is 1.20 bits per heavy atom. The molecule has 0 spiro atoms. The third-order valence-electron chi connectivity index (χ3n) is 2.82. The highest BCUT2D eigenvalue weighted by molar-refractivity contribution is 9.10. The molecule has 0 radical (unpaired) electrons. The van der Waals surface area contributed by atoms with Crippen LogP contribution in [0.15, 0.2) is 40.9 Å². The van der Waals surface area contributed by atoms with Crippen LogP contribution in [0.3, 0.4) is 0 Å². The van der Waals surface area contributed by atoms with Gasteiger partial charge in [0, 0.05) is 26.7 Å². The van der Waals surface area contributed by atoms with E-state index in [0.717, 1.165) is 4.47 Å². The average molecular weight is 355 g/mol. The van der Waals surface area contributed by atoms with Gasteiger partial charge in [0.1, 0.15) is 0 Å². The van der Waals surface area contributed by atoms with Crippen molar-refractivity contribution in [3.8, 4) is 11.1 Å². The zero-order valence-electron chi connectivity index (χ0n) is 10.4. The lowest BCUT2D eigenvalue weighted by molar-refractivity contribution is -0.384. The Morgan fingerprint density at radius 2 is 1.85 bits per heavy atom. The lowest BCUT2D eigenvalue weighted by atomic mass is 10.0. The Labute approximate surface area is 128 Å². The molecule has 0 aliphatic rings. The van der Waals surface area contributed by atoms with Gasteiger partial charge in [0.25, 0.3) is 5.69 Å². The fourth-order valence-electron chi connectivity index (χ4n) is 1.84. The van der Waals surface area contributed by atoms with E-state index in [0.29, 0.717) is 21.7 Å². The van der Waals surface area contributed by atoms with Crippen molar-refractivity contribution in [2.45, 2.75) is 6.92 Å². The molecule has 2 aromatic carbocycles. The number of carbonyl (C=O) groups is 1. The number of benzene rings is 2. The standard InChI is InChI=1S/C14H9BrClNO3/c1-8(18)9-2-4-12(14(6-9)17(19)20)11-5-3-10(15)7-13(11)16/h2-7H,1H3. The van der Waals surface area contributed by atoms with Crippen molar-refractivity contribution in [3.63, 3.8) is 0 Å². The number of rotatable bonds is 3. The lowest BCUT2D eigenvalue weighted by Crippen LogP contribution is -1.97. The number of hydrogen-bond donors (Lipinski definition) is 0. The van der Waals surface area contributed by atoms with E-state index in [9.17, 15) is 14.9 Å². The molecule has 0 fully saturated rings. The van der Waals surface area contributed by atoms with E-state index in [1.807, 2.05) is 0 Å². The van der Waals surface area contributed by atoms with Crippen molar-refractivity contribution in [2.24, 2.45) is 0 Å². The third-order valence-corrected chi connectivity index (χ3v) is 3.63. The van der Waals surface area contributed by atoms with Crippen molar-refractivity contribution in [1.82, 2.24) is 0 Å². The summed E-state index contributed by atoms with van der Waals surface area (Å²) in [5.41, 5.74) is 1.10. The smallest absolute Gasteiger partial charge is 0.277 e. The van der Waals surface area contributed by atoms with Gasteiger partial charge in [-0.15, -0.1) is 0 Å². The summed E-state index contributed by atoms with van der Waals surface area (Å²) in [5.74, 6) is -0.221. The van der Waals surface area contributed by atoms with Gasteiger partial charge in [-0.25, -0.2) is 0 Å². The number of nitro benzene ring substituents is 1. The molecule has 20 heavy (non-hydrogen) atoms. The van der Waals surface area contributed by atoms with Crippen molar-refractivity contribution >= 4 is 39.0 Å². The summed E-state index contributed by atoms with van der Waals surface area (Å²) in [7, 11) is 0. The SMILES string of the molecule is CC(=O)c1ccc(-c2ccc(Br)cc2Cl)c([N+](=O)[O-])c1. The van der Waals surface area contributed by atoms with E-state index in [1.165, 1.54) is 13.0 Å². The highest BCUT2D eigenvalue weighted by Crippen LogP contribution is 2.36. The molecule has 0 aliphatic carbocycles. The van der Waals surface area contributed by atoms with Crippen LogP contribution in [-0.2, 0) is 0 Å². The third kappa shape index (κ3) is 2.89.